The standard InChI is InChI=1S/C22H22N4O/c27-22(17-10-4-8-16-9-5-11-23-20(16)17)26-12-18(15-6-2-1-3-7-15)21-19(13-26)24-14-25-21/h1-4,6-8,10,14,18,23H,5,9,11-13H2,(H,24,25). The molecule has 5 heteroatoms. The Balaban J connectivity index is 1.51. The van der Waals surface area contributed by atoms with Gasteiger partial charge in [0.15, 0.2) is 0 Å². The number of imidazole rings is 1. The highest BCUT2D eigenvalue weighted by Gasteiger charge is 2.32. The van der Waals surface area contributed by atoms with Gasteiger partial charge in [-0.15, -0.1) is 0 Å². The Hall–Kier alpha value is -3.08. The summed E-state index contributed by atoms with van der Waals surface area (Å²) in [6.45, 7) is 2.14. The number of H-pyrrole nitrogens is 1. The highest BCUT2D eigenvalue weighted by molar-refractivity contribution is 6.00. The topological polar surface area (TPSA) is 61.0 Å². The molecule has 0 radical (unpaired) electrons. The first-order valence-electron chi connectivity index (χ1n) is 9.53. The third-order valence-electron chi connectivity index (χ3n) is 5.63. The molecule has 3 heterocycles. The number of rotatable bonds is 2. The number of fused-ring (bicyclic) bond motifs is 2. The first-order chi connectivity index (χ1) is 13.3. The van der Waals surface area contributed by atoms with Crippen LogP contribution in [0.4, 0.5) is 5.69 Å². The van der Waals surface area contributed by atoms with Crippen LogP contribution in [0.5, 0.6) is 0 Å². The van der Waals surface area contributed by atoms with Crippen LogP contribution in [0, 0.1) is 0 Å². The number of nitrogens with one attached hydrogen (secondary N) is 2. The third-order valence-corrected chi connectivity index (χ3v) is 5.63. The Morgan fingerprint density at radius 3 is 2.89 bits per heavy atom. The number of hydrogen-bond donors (Lipinski definition) is 2. The van der Waals surface area contributed by atoms with Crippen molar-refractivity contribution in [2.45, 2.75) is 25.3 Å². The van der Waals surface area contributed by atoms with Crippen molar-refractivity contribution in [2.75, 3.05) is 18.4 Å². The Morgan fingerprint density at radius 1 is 1.11 bits per heavy atom. The van der Waals surface area contributed by atoms with Gasteiger partial charge in [-0.1, -0.05) is 42.5 Å². The molecule has 1 atom stereocenters. The molecule has 1 unspecified atom stereocenters. The van der Waals surface area contributed by atoms with E-state index in [1.54, 1.807) is 6.33 Å². The van der Waals surface area contributed by atoms with Crippen LogP contribution >= 0.6 is 0 Å². The van der Waals surface area contributed by atoms with Crippen molar-refractivity contribution in [3.8, 4) is 0 Å². The molecule has 0 saturated heterocycles. The summed E-state index contributed by atoms with van der Waals surface area (Å²) < 4.78 is 0. The van der Waals surface area contributed by atoms with Crippen LogP contribution in [-0.4, -0.2) is 33.9 Å². The third kappa shape index (κ3) is 2.79. The molecule has 136 valence electrons. The van der Waals surface area contributed by atoms with Crippen molar-refractivity contribution >= 4 is 11.6 Å². The van der Waals surface area contributed by atoms with Crippen LogP contribution in [0.25, 0.3) is 0 Å². The summed E-state index contributed by atoms with van der Waals surface area (Å²) in [5, 5.41) is 3.44. The van der Waals surface area contributed by atoms with Gasteiger partial charge in [0.25, 0.3) is 5.91 Å². The number of benzene rings is 2. The predicted octanol–water partition coefficient (Wildman–Crippen LogP) is 3.56. The molecule has 5 rings (SSSR count). The van der Waals surface area contributed by atoms with Crippen molar-refractivity contribution in [1.29, 1.82) is 0 Å². The van der Waals surface area contributed by atoms with Gasteiger partial charge in [0.2, 0.25) is 0 Å². The smallest absolute Gasteiger partial charge is 0.256 e. The lowest BCUT2D eigenvalue weighted by Gasteiger charge is -2.33. The van der Waals surface area contributed by atoms with Crippen LogP contribution in [0.1, 0.15) is 45.2 Å². The zero-order valence-electron chi connectivity index (χ0n) is 15.1. The lowest BCUT2D eigenvalue weighted by Crippen LogP contribution is -2.39. The molecule has 2 N–H and O–H groups in total. The van der Waals surface area contributed by atoms with E-state index in [0.29, 0.717) is 13.1 Å². The second-order valence-corrected chi connectivity index (χ2v) is 7.29. The van der Waals surface area contributed by atoms with Crippen LogP contribution in [0.15, 0.2) is 54.9 Å². The number of carbonyl (C=O) groups is 1. The molecule has 0 saturated carbocycles. The molecule has 5 nitrogen and oxygen atoms in total. The van der Waals surface area contributed by atoms with E-state index < -0.39 is 0 Å². The average molecular weight is 358 g/mol. The van der Waals surface area contributed by atoms with Crippen LogP contribution in [0.2, 0.25) is 0 Å². The first-order valence-corrected chi connectivity index (χ1v) is 9.53. The summed E-state index contributed by atoms with van der Waals surface area (Å²) in [6, 6.07) is 16.4. The molecule has 0 aliphatic carbocycles. The Kier molecular flexibility index (Phi) is 3.93. The SMILES string of the molecule is O=C(c1cccc2c1NCCC2)N1Cc2[nH]cnc2C(c2ccccc2)C1. The van der Waals surface area contributed by atoms with E-state index in [0.717, 1.165) is 42.0 Å². The van der Waals surface area contributed by atoms with E-state index in [1.807, 2.05) is 35.2 Å². The normalized spacial score (nSPS) is 18.4. The maximum absolute atomic E-state index is 13.4. The van der Waals surface area contributed by atoms with Crippen LogP contribution in [0.3, 0.4) is 0 Å². The zero-order chi connectivity index (χ0) is 18.2. The molecule has 0 bridgehead atoms. The Bertz CT molecular complexity index is 979. The summed E-state index contributed by atoms with van der Waals surface area (Å²) in [7, 11) is 0. The van der Waals surface area contributed by atoms with E-state index in [1.165, 1.54) is 11.1 Å². The van der Waals surface area contributed by atoms with Crippen LogP contribution < -0.4 is 5.32 Å². The average Bonchev–Trinajstić information content (AvgIpc) is 3.21. The summed E-state index contributed by atoms with van der Waals surface area (Å²) in [4.78, 5) is 23.2. The molecule has 1 amide bonds. The number of hydrogen-bond acceptors (Lipinski definition) is 3. The van der Waals surface area contributed by atoms with Gasteiger partial charge < -0.3 is 15.2 Å². The number of aryl methyl sites for hydroxylation is 1. The maximum Gasteiger partial charge on any atom is 0.256 e. The predicted molar refractivity (Wildman–Crippen MR) is 105 cm³/mol. The largest absolute Gasteiger partial charge is 0.384 e. The molecule has 2 aromatic carbocycles. The fourth-order valence-corrected chi connectivity index (χ4v) is 4.28. The van der Waals surface area contributed by atoms with Crippen molar-refractivity contribution in [3.63, 3.8) is 0 Å². The van der Waals surface area contributed by atoms with Gasteiger partial charge in [-0.25, -0.2) is 4.98 Å². The lowest BCUT2D eigenvalue weighted by atomic mass is 9.90. The molecule has 0 spiro atoms. The van der Waals surface area contributed by atoms with Crippen molar-refractivity contribution in [1.82, 2.24) is 14.9 Å². The van der Waals surface area contributed by atoms with Gasteiger partial charge in [-0.3, -0.25) is 4.79 Å². The summed E-state index contributed by atoms with van der Waals surface area (Å²) >= 11 is 0. The van der Waals surface area contributed by atoms with Gasteiger partial charge in [-0.2, -0.15) is 0 Å². The molecule has 27 heavy (non-hydrogen) atoms. The van der Waals surface area contributed by atoms with Crippen molar-refractivity contribution in [3.05, 3.63) is 82.9 Å². The molecule has 1 aromatic heterocycles. The van der Waals surface area contributed by atoms with Gasteiger partial charge in [0, 0.05) is 19.0 Å². The number of anilines is 1. The highest BCUT2D eigenvalue weighted by atomic mass is 16.2. The van der Waals surface area contributed by atoms with Gasteiger partial charge >= 0.3 is 0 Å². The van der Waals surface area contributed by atoms with Gasteiger partial charge in [0.05, 0.1) is 35.5 Å². The first kappa shape index (κ1) is 16.1. The number of aromatic amines is 1. The zero-order valence-corrected chi connectivity index (χ0v) is 15.1. The van der Waals surface area contributed by atoms with Gasteiger partial charge in [0.1, 0.15) is 0 Å². The quantitative estimate of drug-likeness (QED) is 0.736. The van der Waals surface area contributed by atoms with E-state index in [-0.39, 0.29) is 11.8 Å². The number of amides is 1. The molecule has 3 aromatic rings. The molecular formula is C22H22N4O. The fraction of sp³-hybridized carbons (Fsp3) is 0.273. The minimum Gasteiger partial charge on any atom is -0.384 e. The lowest BCUT2D eigenvalue weighted by molar-refractivity contribution is 0.0722. The highest BCUT2D eigenvalue weighted by Crippen LogP contribution is 2.34. The minimum atomic E-state index is 0.0856. The van der Waals surface area contributed by atoms with Crippen molar-refractivity contribution in [2.24, 2.45) is 0 Å². The van der Waals surface area contributed by atoms with E-state index in [9.17, 15) is 4.79 Å². The fourth-order valence-electron chi connectivity index (χ4n) is 4.28. The van der Waals surface area contributed by atoms with E-state index in [2.05, 4.69) is 33.5 Å². The molecule has 0 fully saturated rings. The van der Waals surface area contributed by atoms with Gasteiger partial charge in [-0.05, 0) is 30.0 Å². The monoisotopic (exact) mass is 358 g/mol. The number of nitrogens with zero attached hydrogens (tertiary/aromatic N) is 2. The maximum atomic E-state index is 13.4. The second kappa shape index (κ2) is 6.58. The number of carbonyl (C=O) groups excluding carboxylic acids is 1. The van der Waals surface area contributed by atoms with E-state index >= 15 is 0 Å². The second-order valence-electron chi connectivity index (χ2n) is 7.29. The molecular weight excluding hydrogens is 336 g/mol. The van der Waals surface area contributed by atoms with Crippen molar-refractivity contribution < 1.29 is 4.79 Å². The molecule has 2 aliphatic rings. The minimum absolute atomic E-state index is 0.0856. The summed E-state index contributed by atoms with van der Waals surface area (Å²) in [6.07, 6.45) is 3.88. The van der Waals surface area contributed by atoms with E-state index in [4.69, 9.17) is 0 Å². The Morgan fingerprint density at radius 2 is 2.00 bits per heavy atom. The summed E-state index contributed by atoms with van der Waals surface area (Å²) in [5.41, 5.74) is 6.31. The number of aromatic nitrogens is 2. The van der Waals surface area contributed by atoms with Crippen LogP contribution in [-0.2, 0) is 13.0 Å². The Labute approximate surface area is 158 Å². The molecule has 2 aliphatic heterocycles. The number of para-hydroxylation sites is 1. The summed E-state index contributed by atoms with van der Waals surface area (Å²) in [5.74, 6) is 0.181.